The number of nitrogens with zero attached hydrogens (tertiary/aromatic N) is 2. The SMILES string of the molecule is Cc1c2c(cc3ccccc13)Oc1cc3ccccc3c3nc[n+](C)c-2c13. The van der Waals surface area contributed by atoms with E-state index in [1.807, 2.05) is 6.33 Å². The summed E-state index contributed by atoms with van der Waals surface area (Å²) in [6.07, 6.45) is 1.91. The molecule has 0 fully saturated rings. The minimum atomic E-state index is 0.879. The standard InChI is InChI=1S/C24H17N2O/c1-14-17-9-5-3-7-15(17)11-19-21(14)24-22-20(27-19)12-16-8-4-6-10-18(16)23(22)25-13-26(24)2/h3-13H,1-2H3/q+1. The number of aromatic nitrogens is 2. The third-order valence-electron chi connectivity index (χ3n) is 5.66. The quantitative estimate of drug-likeness (QED) is 0.269. The molecule has 4 aromatic carbocycles. The van der Waals surface area contributed by atoms with Crippen LogP contribution in [0.4, 0.5) is 0 Å². The van der Waals surface area contributed by atoms with Crippen LogP contribution in [-0.4, -0.2) is 4.98 Å². The van der Waals surface area contributed by atoms with Crippen LogP contribution in [0.2, 0.25) is 0 Å². The Morgan fingerprint density at radius 3 is 2.33 bits per heavy atom. The van der Waals surface area contributed by atoms with Crippen LogP contribution in [0.25, 0.3) is 43.7 Å². The van der Waals surface area contributed by atoms with Crippen molar-refractivity contribution in [3.63, 3.8) is 0 Å². The average molecular weight is 349 g/mol. The molecule has 0 aliphatic carbocycles. The lowest BCUT2D eigenvalue weighted by atomic mass is 9.92. The summed E-state index contributed by atoms with van der Waals surface area (Å²) in [5.74, 6) is 1.79. The van der Waals surface area contributed by atoms with Crippen LogP contribution in [-0.2, 0) is 7.05 Å². The summed E-state index contributed by atoms with van der Waals surface area (Å²) >= 11 is 0. The highest BCUT2D eigenvalue weighted by Crippen LogP contribution is 2.49. The second kappa shape index (κ2) is 5.04. The van der Waals surface area contributed by atoms with Gasteiger partial charge in [-0.1, -0.05) is 42.5 Å². The Balaban J connectivity index is 1.86. The first-order chi connectivity index (χ1) is 13.2. The van der Waals surface area contributed by atoms with Crippen molar-refractivity contribution in [1.29, 1.82) is 0 Å². The fourth-order valence-corrected chi connectivity index (χ4v) is 4.42. The van der Waals surface area contributed by atoms with Gasteiger partial charge in [0.2, 0.25) is 0 Å². The molecule has 27 heavy (non-hydrogen) atoms. The number of fused-ring (bicyclic) bond motifs is 5. The molecule has 1 aromatic heterocycles. The zero-order chi connectivity index (χ0) is 18.1. The molecule has 0 spiro atoms. The predicted octanol–water partition coefficient (Wildman–Crippen LogP) is 5.45. The third-order valence-corrected chi connectivity index (χ3v) is 5.66. The molecule has 0 bridgehead atoms. The minimum Gasteiger partial charge on any atom is -0.456 e. The lowest BCUT2D eigenvalue weighted by Crippen LogP contribution is -2.32. The molecule has 1 aliphatic heterocycles. The van der Waals surface area contributed by atoms with E-state index in [4.69, 9.17) is 9.72 Å². The van der Waals surface area contributed by atoms with E-state index in [0.717, 1.165) is 38.7 Å². The highest BCUT2D eigenvalue weighted by molar-refractivity contribution is 6.14. The zero-order valence-electron chi connectivity index (χ0n) is 15.2. The van der Waals surface area contributed by atoms with E-state index >= 15 is 0 Å². The molecule has 3 heteroatoms. The van der Waals surface area contributed by atoms with Crippen LogP contribution >= 0.6 is 0 Å². The number of hydrogen-bond acceptors (Lipinski definition) is 2. The van der Waals surface area contributed by atoms with E-state index in [1.54, 1.807) is 0 Å². The summed E-state index contributed by atoms with van der Waals surface area (Å²) in [5, 5.41) is 5.85. The molecule has 0 radical (unpaired) electrons. The van der Waals surface area contributed by atoms with Crippen molar-refractivity contribution in [1.82, 2.24) is 4.98 Å². The predicted molar refractivity (Wildman–Crippen MR) is 108 cm³/mol. The van der Waals surface area contributed by atoms with E-state index in [0.29, 0.717) is 0 Å². The highest BCUT2D eigenvalue weighted by atomic mass is 16.5. The topological polar surface area (TPSA) is 26.0 Å². The van der Waals surface area contributed by atoms with E-state index in [2.05, 4.69) is 79.2 Å². The Labute approximate surface area is 156 Å². The molecule has 2 heterocycles. The maximum atomic E-state index is 6.45. The average Bonchev–Trinajstić information content (AvgIpc) is 2.69. The van der Waals surface area contributed by atoms with Crippen LogP contribution in [0.15, 0.2) is 67.0 Å². The fraction of sp³-hybridized carbons (Fsp3) is 0.0833. The molecule has 3 nitrogen and oxygen atoms in total. The van der Waals surface area contributed by atoms with Crippen LogP contribution in [0.5, 0.6) is 11.5 Å². The number of benzene rings is 4. The fourth-order valence-electron chi connectivity index (χ4n) is 4.42. The summed E-state index contributed by atoms with van der Waals surface area (Å²) in [4.78, 5) is 4.76. The second-order valence-electron chi connectivity index (χ2n) is 7.22. The third kappa shape index (κ3) is 1.86. The Hall–Kier alpha value is -3.46. The molecule has 0 saturated heterocycles. The number of rotatable bonds is 0. The van der Waals surface area contributed by atoms with Gasteiger partial charge in [0.1, 0.15) is 16.9 Å². The van der Waals surface area contributed by atoms with Gasteiger partial charge in [0.15, 0.2) is 11.2 Å². The molecule has 6 rings (SSSR count). The summed E-state index contributed by atoms with van der Waals surface area (Å²) in [6.45, 7) is 2.18. The van der Waals surface area contributed by atoms with E-state index in [-0.39, 0.29) is 0 Å². The molecular weight excluding hydrogens is 332 g/mol. The lowest BCUT2D eigenvalue weighted by molar-refractivity contribution is -0.662. The Morgan fingerprint density at radius 1 is 0.852 bits per heavy atom. The van der Waals surface area contributed by atoms with Crippen molar-refractivity contribution in [3.05, 3.63) is 72.6 Å². The Bertz CT molecular complexity index is 1420. The van der Waals surface area contributed by atoms with Crippen molar-refractivity contribution in [2.75, 3.05) is 0 Å². The van der Waals surface area contributed by atoms with E-state index < -0.39 is 0 Å². The molecule has 0 atom stereocenters. The number of aryl methyl sites for hydroxylation is 2. The zero-order valence-corrected chi connectivity index (χ0v) is 15.2. The first-order valence-electron chi connectivity index (χ1n) is 9.13. The highest BCUT2D eigenvalue weighted by Gasteiger charge is 2.30. The molecule has 5 aromatic rings. The smallest absolute Gasteiger partial charge is 0.287 e. The Kier molecular flexibility index (Phi) is 2.74. The molecule has 1 aliphatic rings. The van der Waals surface area contributed by atoms with Gasteiger partial charge in [-0.2, -0.15) is 0 Å². The van der Waals surface area contributed by atoms with E-state index in [9.17, 15) is 0 Å². The largest absolute Gasteiger partial charge is 0.456 e. The molecule has 0 N–H and O–H groups in total. The van der Waals surface area contributed by atoms with Gasteiger partial charge in [-0.3, -0.25) is 0 Å². The van der Waals surface area contributed by atoms with Crippen molar-refractivity contribution >= 4 is 32.4 Å². The second-order valence-corrected chi connectivity index (χ2v) is 7.22. The molecule has 0 saturated carbocycles. The first-order valence-corrected chi connectivity index (χ1v) is 9.13. The molecular formula is C24H17N2O+. The maximum absolute atomic E-state index is 6.45. The first kappa shape index (κ1) is 14.7. The number of ether oxygens (including phenoxy) is 1. The molecule has 0 amide bonds. The molecule has 128 valence electrons. The summed E-state index contributed by atoms with van der Waals surface area (Å²) in [6, 6.07) is 21.1. The van der Waals surface area contributed by atoms with Gasteiger partial charge in [0.25, 0.3) is 6.33 Å². The Morgan fingerprint density at radius 2 is 1.52 bits per heavy atom. The number of hydrogen-bond donors (Lipinski definition) is 0. The van der Waals surface area contributed by atoms with Crippen molar-refractivity contribution < 1.29 is 9.30 Å². The van der Waals surface area contributed by atoms with Gasteiger partial charge in [0, 0.05) is 5.39 Å². The summed E-state index contributed by atoms with van der Waals surface area (Å²) in [7, 11) is 2.06. The maximum Gasteiger partial charge on any atom is 0.287 e. The van der Waals surface area contributed by atoms with Crippen molar-refractivity contribution in [2.45, 2.75) is 6.92 Å². The van der Waals surface area contributed by atoms with Crippen molar-refractivity contribution in [3.8, 4) is 22.8 Å². The van der Waals surface area contributed by atoms with Crippen LogP contribution in [0.1, 0.15) is 5.56 Å². The summed E-state index contributed by atoms with van der Waals surface area (Å²) < 4.78 is 8.56. The lowest BCUT2D eigenvalue weighted by Gasteiger charge is -2.22. The van der Waals surface area contributed by atoms with Gasteiger partial charge in [0.05, 0.1) is 12.6 Å². The van der Waals surface area contributed by atoms with Crippen LogP contribution in [0.3, 0.4) is 0 Å². The monoisotopic (exact) mass is 349 g/mol. The summed E-state index contributed by atoms with van der Waals surface area (Å²) in [5.41, 5.74) is 4.57. The van der Waals surface area contributed by atoms with Crippen LogP contribution in [0, 0.1) is 6.92 Å². The van der Waals surface area contributed by atoms with Gasteiger partial charge in [-0.05, 0) is 51.8 Å². The normalized spacial score (nSPS) is 12.4. The van der Waals surface area contributed by atoms with E-state index in [1.165, 1.54) is 22.0 Å². The van der Waals surface area contributed by atoms with Gasteiger partial charge >= 0.3 is 0 Å². The minimum absolute atomic E-state index is 0.879. The van der Waals surface area contributed by atoms with Gasteiger partial charge in [-0.15, -0.1) is 0 Å². The van der Waals surface area contributed by atoms with Crippen LogP contribution < -0.4 is 9.30 Å². The van der Waals surface area contributed by atoms with Crippen molar-refractivity contribution in [2.24, 2.45) is 7.05 Å². The molecule has 0 unspecified atom stereocenters. The van der Waals surface area contributed by atoms with Gasteiger partial charge in [-0.25, -0.2) is 4.57 Å². The van der Waals surface area contributed by atoms with Gasteiger partial charge < -0.3 is 4.74 Å².